The van der Waals surface area contributed by atoms with Crippen LogP contribution in [0.3, 0.4) is 0 Å². The van der Waals surface area contributed by atoms with Crippen molar-refractivity contribution < 1.29 is 101 Å². The number of esters is 1. The first-order chi connectivity index (χ1) is 39.8. The number of benzene rings is 4. The van der Waals surface area contributed by atoms with E-state index >= 15 is 0 Å². The second kappa shape index (κ2) is 24.8. The van der Waals surface area contributed by atoms with Crippen molar-refractivity contribution in [2.75, 3.05) is 45.2 Å². The fraction of sp³-hybridized carbons (Fsp3) is 0.414. The highest BCUT2D eigenvalue weighted by atomic mass is 19.4. The van der Waals surface area contributed by atoms with Gasteiger partial charge in [-0.25, -0.2) is 9.69 Å². The van der Waals surface area contributed by atoms with Gasteiger partial charge < -0.3 is 59.3 Å². The van der Waals surface area contributed by atoms with E-state index in [9.17, 15) is 77.5 Å². The first-order valence-electron chi connectivity index (χ1n) is 26.3. The number of phenols is 2. The lowest BCUT2D eigenvalue weighted by molar-refractivity contribution is -0.249. The normalized spacial score (nSPS) is 21.6. The highest BCUT2D eigenvalue weighted by molar-refractivity contribution is 6.31. The SMILES string of the molecule is CCCC(=O)OCOc1ccc(COCC#CCN2C(=O)N(c3ccc(C#N)c(C(F)(F)F)c3)C(=O)C2(C)C)cc1C(=O)NCNC1CC(O[C@H]2C[C@](O)(C(=O)CO)Cc3c(O)c4c(c(O)c32)C(=O)c2c(OC)cccc2C4=O)OC(C)C1O. The minimum Gasteiger partial charge on any atom is -0.507 e. The number of anilines is 1. The number of ketones is 3. The molecule has 2 fully saturated rings. The Balaban J connectivity index is 0.942. The predicted octanol–water partition coefficient (Wildman–Crippen LogP) is 4.36. The summed E-state index contributed by atoms with van der Waals surface area (Å²) in [5.41, 5.74) is -7.98. The molecule has 4 amide bonds. The molecule has 7 N–H and O–H groups in total. The minimum atomic E-state index is -4.94. The van der Waals surface area contributed by atoms with Gasteiger partial charge in [0.25, 0.3) is 11.8 Å². The van der Waals surface area contributed by atoms with Crippen LogP contribution in [0.2, 0.25) is 0 Å². The Morgan fingerprint density at radius 3 is 2.39 bits per heavy atom. The Morgan fingerprint density at radius 2 is 1.70 bits per heavy atom. The van der Waals surface area contributed by atoms with Gasteiger partial charge in [0.05, 0.1) is 90.4 Å². The Morgan fingerprint density at radius 1 is 0.964 bits per heavy atom. The number of nitrogens with one attached hydrogen (secondary N) is 2. The van der Waals surface area contributed by atoms with Gasteiger partial charge in [-0.2, -0.15) is 18.4 Å². The van der Waals surface area contributed by atoms with E-state index in [0.29, 0.717) is 23.0 Å². The topological polar surface area (TPSA) is 330 Å². The van der Waals surface area contributed by atoms with Gasteiger partial charge in [-0.05, 0) is 69.2 Å². The zero-order valence-electron chi connectivity index (χ0n) is 45.9. The van der Waals surface area contributed by atoms with Crippen LogP contribution in [0, 0.1) is 23.2 Å². The number of imide groups is 1. The quantitative estimate of drug-likeness (QED) is 0.0151. The van der Waals surface area contributed by atoms with E-state index in [1.165, 1.54) is 64.3 Å². The number of ether oxygens (including phenoxy) is 6. The van der Waals surface area contributed by atoms with Gasteiger partial charge in [0.2, 0.25) is 12.6 Å². The maximum Gasteiger partial charge on any atom is 0.417 e. The van der Waals surface area contributed by atoms with Crippen molar-refractivity contribution >= 4 is 46.9 Å². The number of carbonyl (C=O) groups excluding carboxylic acids is 7. The Kier molecular flexibility index (Phi) is 18.2. The number of hydrogen-bond acceptors (Lipinski definition) is 20. The van der Waals surface area contributed by atoms with Crippen LogP contribution in [0.5, 0.6) is 23.0 Å². The van der Waals surface area contributed by atoms with Crippen LogP contribution in [0.25, 0.3) is 0 Å². The van der Waals surface area contributed by atoms with Crippen LogP contribution >= 0.6 is 0 Å². The third-order valence-corrected chi connectivity index (χ3v) is 14.9. The molecule has 0 radical (unpaired) electrons. The number of halogens is 3. The third kappa shape index (κ3) is 12.0. The number of aromatic hydroxyl groups is 2. The number of aliphatic hydroxyl groups is 3. The maximum absolute atomic E-state index is 14.1. The highest BCUT2D eigenvalue weighted by Gasteiger charge is 2.53. The Bertz CT molecular complexity index is 3440. The van der Waals surface area contributed by atoms with Gasteiger partial charge in [-0.1, -0.05) is 37.0 Å². The molecule has 6 atom stereocenters. The number of phenolic OH excluding ortho intramolecular Hbond substituents is 2. The molecule has 444 valence electrons. The number of carbonyl (C=O) groups is 7. The number of methoxy groups -OCH3 is 1. The molecule has 0 saturated carbocycles. The van der Waals surface area contributed by atoms with Crippen LogP contribution in [0.15, 0.2) is 54.6 Å². The van der Waals surface area contributed by atoms with Gasteiger partial charge in [0.1, 0.15) is 47.4 Å². The van der Waals surface area contributed by atoms with Crippen molar-refractivity contribution in [1.82, 2.24) is 15.5 Å². The van der Waals surface area contributed by atoms with Crippen LogP contribution in [0.1, 0.15) is 130 Å². The molecular weight excluding hydrogens is 1110 g/mol. The maximum atomic E-state index is 14.1. The van der Waals surface area contributed by atoms with E-state index in [2.05, 4.69) is 22.5 Å². The molecule has 0 aromatic heterocycles. The second-order valence-electron chi connectivity index (χ2n) is 20.6. The van der Waals surface area contributed by atoms with Crippen molar-refractivity contribution in [2.24, 2.45) is 0 Å². The lowest BCUT2D eigenvalue weighted by Crippen LogP contribution is -2.56. The number of nitrogens with zero attached hydrogens (tertiary/aromatic N) is 3. The van der Waals surface area contributed by atoms with Crippen molar-refractivity contribution in [1.29, 1.82) is 5.26 Å². The fourth-order valence-electron chi connectivity index (χ4n) is 10.4. The summed E-state index contributed by atoms with van der Waals surface area (Å²) in [4.78, 5) is 95.8. The molecule has 2 aliphatic carbocycles. The molecule has 84 heavy (non-hydrogen) atoms. The summed E-state index contributed by atoms with van der Waals surface area (Å²) in [5.74, 6) is -1.04. The number of alkyl halides is 3. The number of fused-ring (bicyclic) bond motifs is 3. The number of urea groups is 1. The summed E-state index contributed by atoms with van der Waals surface area (Å²) < 4.78 is 75.4. The molecule has 2 heterocycles. The van der Waals surface area contributed by atoms with Crippen LogP contribution < -0.4 is 25.0 Å². The van der Waals surface area contributed by atoms with Crippen LogP contribution in [-0.2, 0) is 52.5 Å². The van der Waals surface area contributed by atoms with E-state index in [1.54, 1.807) is 13.0 Å². The lowest BCUT2D eigenvalue weighted by Gasteiger charge is -2.43. The van der Waals surface area contributed by atoms with Crippen molar-refractivity contribution in [2.45, 2.75) is 114 Å². The summed E-state index contributed by atoms with van der Waals surface area (Å²) in [6.07, 6.45) is -11.0. The van der Waals surface area contributed by atoms with E-state index in [0.717, 1.165) is 17.0 Å². The monoisotopic (exact) mass is 1170 g/mol. The average molecular weight is 1170 g/mol. The minimum absolute atomic E-state index is 0.0111. The molecule has 4 aliphatic rings. The summed E-state index contributed by atoms with van der Waals surface area (Å²) in [5, 5.41) is 71.5. The first kappa shape index (κ1) is 61.6. The summed E-state index contributed by atoms with van der Waals surface area (Å²) in [6, 6.07) is 10.7. The van der Waals surface area contributed by atoms with E-state index in [4.69, 9.17) is 28.4 Å². The molecule has 2 saturated heterocycles. The van der Waals surface area contributed by atoms with Gasteiger partial charge in [-0.3, -0.25) is 39.0 Å². The molecule has 23 nitrogen and oxygen atoms in total. The number of aliphatic hydroxyl groups excluding tert-OH is 2. The fourth-order valence-corrected chi connectivity index (χ4v) is 10.4. The molecule has 4 aromatic carbocycles. The molecule has 4 unspecified atom stereocenters. The number of rotatable bonds is 19. The average Bonchev–Trinajstić information content (AvgIpc) is 0.888. The van der Waals surface area contributed by atoms with Crippen molar-refractivity contribution in [3.63, 3.8) is 0 Å². The highest BCUT2D eigenvalue weighted by Crippen LogP contribution is 2.53. The van der Waals surface area contributed by atoms with Crippen molar-refractivity contribution in [3.05, 3.63) is 110 Å². The third-order valence-electron chi connectivity index (χ3n) is 14.9. The van der Waals surface area contributed by atoms with Gasteiger partial charge in [0, 0.05) is 48.4 Å². The standard InChI is InChI=1S/C58H58F3N5O18/c1-6-10-42(69)82-28-81-38-16-13-30(26-80-18-8-7-17-65-55(77)66(54(76)56(65,3)4)32-15-14-31(24-62)36(20-32)58(59,60)61)19-34(38)53(75)64-27-63-37-21-43(83-29(2)48(37)70)84-40-23-57(78,41(68)25-67)22-35-45(40)52(74)47-46(50(35)72)49(71)33-11-9-12-39(79-5)44(33)51(47)73/h9,11-16,19-20,29,37,40,43,48,63,67,70,72,74,78H,6,10,17-18,21-23,25-28H2,1-5H3,(H,64,75)/t29?,37?,40-,43?,48?,57-/m0/s1. The van der Waals surface area contributed by atoms with E-state index in [-0.39, 0.29) is 84.3 Å². The number of hydrogen-bond donors (Lipinski definition) is 7. The van der Waals surface area contributed by atoms with Crippen LogP contribution in [-0.4, -0.2) is 148 Å². The zero-order valence-corrected chi connectivity index (χ0v) is 45.9. The predicted molar refractivity (Wildman–Crippen MR) is 283 cm³/mol. The van der Waals surface area contributed by atoms with Gasteiger partial charge >= 0.3 is 18.2 Å². The number of amides is 4. The Labute approximate surface area is 477 Å². The molecule has 4 aromatic rings. The molecule has 0 spiro atoms. The van der Waals surface area contributed by atoms with Crippen molar-refractivity contribution in [3.8, 4) is 40.9 Å². The van der Waals surface area contributed by atoms with Gasteiger partial charge in [0.15, 0.2) is 17.9 Å². The van der Waals surface area contributed by atoms with Crippen LogP contribution in [0.4, 0.5) is 23.7 Å². The molecule has 8 rings (SSSR count). The number of nitriles is 1. The summed E-state index contributed by atoms with van der Waals surface area (Å²) >= 11 is 0. The summed E-state index contributed by atoms with van der Waals surface area (Å²) in [7, 11) is 1.28. The summed E-state index contributed by atoms with van der Waals surface area (Å²) in [6.45, 7) is 3.39. The van der Waals surface area contributed by atoms with E-state index < -0.39 is 149 Å². The smallest absolute Gasteiger partial charge is 0.417 e. The molecule has 0 bridgehead atoms. The van der Waals surface area contributed by atoms with Gasteiger partial charge in [-0.15, -0.1) is 0 Å². The largest absolute Gasteiger partial charge is 0.507 e. The Hall–Kier alpha value is -8.47. The lowest BCUT2D eigenvalue weighted by atomic mass is 9.72. The molecular formula is C58H58F3N5O18. The molecule has 2 aliphatic heterocycles. The zero-order chi connectivity index (χ0) is 61.2. The number of Topliss-reactive ketones (excluding diaryl/α,β-unsaturated/α-hetero) is 1. The molecule has 26 heteroatoms. The van der Waals surface area contributed by atoms with E-state index in [1.807, 2.05) is 0 Å². The first-order valence-corrected chi connectivity index (χ1v) is 26.3. The second-order valence-corrected chi connectivity index (χ2v) is 20.6.